The van der Waals surface area contributed by atoms with Gasteiger partial charge in [-0.15, -0.1) is 0 Å². The molecule has 0 atom stereocenters. The molecule has 0 spiro atoms. The van der Waals surface area contributed by atoms with Gasteiger partial charge in [0.1, 0.15) is 12.2 Å². The number of benzene rings is 1. The molecule has 0 saturated carbocycles. The predicted octanol–water partition coefficient (Wildman–Crippen LogP) is 1.19. The van der Waals surface area contributed by atoms with Crippen LogP contribution < -0.4 is 0 Å². The van der Waals surface area contributed by atoms with Gasteiger partial charge in [-0.1, -0.05) is 11.8 Å². The quantitative estimate of drug-likeness (QED) is 0.609. The topological polar surface area (TPSA) is 66.8 Å². The fourth-order valence-corrected chi connectivity index (χ4v) is 1.22. The number of carbonyl (C=O) groups is 1. The molecule has 0 heterocycles. The summed E-state index contributed by atoms with van der Waals surface area (Å²) in [6.45, 7) is 1.83. The van der Waals surface area contributed by atoms with Crippen LogP contribution in [0, 0.1) is 11.8 Å². The van der Waals surface area contributed by atoms with Crippen LogP contribution in [0.15, 0.2) is 18.2 Å². The van der Waals surface area contributed by atoms with Gasteiger partial charge in [0.2, 0.25) is 0 Å². The summed E-state index contributed by atoms with van der Waals surface area (Å²) >= 11 is 0. The second kappa shape index (κ2) is 6.56. The molecule has 1 rings (SSSR count). The highest BCUT2D eigenvalue weighted by atomic mass is 16.5. The highest BCUT2D eigenvalue weighted by Crippen LogP contribution is 2.17. The van der Waals surface area contributed by atoms with E-state index in [9.17, 15) is 9.90 Å². The Bertz CT molecular complexity index is 454. The molecule has 0 fully saturated rings. The Hall–Kier alpha value is -1.99. The normalized spacial score (nSPS) is 9.29. The third-order valence-corrected chi connectivity index (χ3v) is 2.02. The molecule has 1 aromatic carbocycles. The number of aliphatic hydroxyl groups is 1. The average Bonchev–Trinajstić information content (AvgIpc) is 2.31. The van der Waals surface area contributed by atoms with Crippen LogP contribution in [0.4, 0.5) is 0 Å². The molecule has 0 saturated heterocycles. The first-order valence-corrected chi connectivity index (χ1v) is 5.24. The van der Waals surface area contributed by atoms with Crippen molar-refractivity contribution in [3.05, 3.63) is 29.3 Å². The lowest BCUT2D eigenvalue weighted by atomic mass is 10.1. The van der Waals surface area contributed by atoms with Crippen molar-refractivity contribution in [1.82, 2.24) is 0 Å². The van der Waals surface area contributed by atoms with Gasteiger partial charge in [0, 0.05) is 11.1 Å². The smallest absolute Gasteiger partial charge is 0.317 e. The van der Waals surface area contributed by atoms with Crippen molar-refractivity contribution in [2.24, 2.45) is 0 Å². The van der Waals surface area contributed by atoms with Crippen molar-refractivity contribution in [3.8, 4) is 17.6 Å². The summed E-state index contributed by atoms with van der Waals surface area (Å²) < 4.78 is 4.72. The van der Waals surface area contributed by atoms with Crippen molar-refractivity contribution in [1.29, 1.82) is 0 Å². The summed E-state index contributed by atoms with van der Waals surface area (Å²) in [4.78, 5) is 11.0. The van der Waals surface area contributed by atoms with Gasteiger partial charge in [-0.25, -0.2) is 0 Å². The third-order valence-electron chi connectivity index (χ3n) is 2.02. The molecule has 0 aliphatic carbocycles. The Balaban J connectivity index is 2.69. The lowest BCUT2D eigenvalue weighted by Crippen LogP contribution is -2.01. The number of aromatic hydroxyl groups is 1. The van der Waals surface area contributed by atoms with Crippen LogP contribution >= 0.6 is 0 Å². The fourth-order valence-electron chi connectivity index (χ4n) is 1.22. The van der Waals surface area contributed by atoms with Gasteiger partial charge in [-0.2, -0.15) is 0 Å². The van der Waals surface area contributed by atoms with Crippen LogP contribution in [0.3, 0.4) is 0 Å². The average molecular weight is 234 g/mol. The van der Waals surface area contributed by atoms with Crippen LogP contribution in [0.25, 0.3) is 0 Å². The molecule has 0 aromatic heterocycles. The highest BCUT2D eigenvalue weighted by molar-refractivity contribution is 5.72. The van der Waals surface area contributed by atoms with Gasteiger partial charge in [0.25, 0.3) is 0 Å². The lowest BCUT2D eigenvalue weighted by Gasteiger charge is -2.00. The molecule has 0 radical (unpaired) electrons. The van der Waals surface area contributed by atoms with E-state index in [1.807, 2.05) is 0 Å². The molecule has 4 nitrogen and oxygen atoms in total. The van der Waals surface area contributed by atoms with Crippen molar-refractivity contribution >= 4 is 5.97 Å². The van der Waals surface area contributed by atoms with Crippen LogP contribution in [-0.4, -0.2) is 22.8 Å². The Morgan fingerprint density at radius 2 is 2.24 bits per heavy atom. The number of phenols is 1. The standard InChI is InChI=1S/C13H14O4/c1-2-17-13(16)5-3-4-10-6-7-12(15)11(8-10)9-14/h6-8,14-15H,2,5,9H2,1H3. The molecule has 0 aliphatic heterocycles. The maximum Gasteiger partial charge on any atom is 0.317 e. The summed E-state index contributed by atoms with van der Waals surface area (Å²) in [5.74, 6) is 5.10. The minimum atomic E-state index is -0.360. The minimum absolute atomic E-state index is 0.0309. The van der Waals surface area contributed by atoms with Gasteiger partial charge in [0.15, 0.2) is 0 Å². The van der Waals surface area contributed by atoms with E-state index in [4.69, 9.17) is 9.84 Å². The van der Waals surface area contributed by atoms with Crippen LogP contribution in [-0.2, 0) is 16.1 Å². The van der Waals surface area contributed by atoms with Gasteiger partial charge >= 0.3 is 5.97 Å². The van der Waals surface area contributed by atoms with Gasteiger partial charge in [-0.3, -0.25) is 4.79 Å². The zero-order chi connectivity index (χ0) is 12.7. The van der Waals surface area contributed by atoms with Crippen molar-refractivity contribution in [2.75, 3.05) is 6.61 Å². The van der Waals surface area contributed by atoms with E-state index in [1.54, 1.807) is 19.1 Å². The van der Waals surface area contributed by atoms with Crippen molar-refractivity contribution < 1.29 is 19.7 Å². The number of rotatable bonds is 3. The SMILES string of the molecule is CCOC(=O)CC#Cc1ccc(O)c(CO)c1. The summed E-state index contributed by atoms with van der Waals surface area (Å²) in [6, 6.07) is 4.65. The van der Waals surface area contributed by atoms with E-state index < -0.39 is 0 Å². The largest absolute Gasteiger partial charge is 0.508 e. The van der Waals surface area contributed by atoms with E-state index in [0.29, 0.717) is 17.7 Å². The van der Waals surface area contributed by atoms with Crippen LogP contribution in [0.5, 0.6) is 5.75 Å². The molecule has 0 aliphatic rings. The molecule has 0 unspecified atom stereocenters. The summed E-state index contributed by atoms with van der Waals surface area (Å²) in [5, 5.41) is 18.3. The third kappa shape index (κ3) is 4.17. The first-order valence-electron chi connectivity index (χ1n) is 5.24. The number of ether oxygens (including phenoxy) is 1. The first kappa shape index (κ1) is 13.1. The summed E-state index contributed by atoms with van der Waals surface area (Å²) in [7, 11) is 0. The maximum absolute atomic E-state index is 11.0. The monoisotopic (exact) mass is 234 g/mol. The molecule has 1 aromatic rings. The molecule has 17 heavy (non-hydrogen) atoms. The minimum Gasteiger partial charge on any atom is -0.508 e. The van der Waals surface area contributed by atoms with Crippen molar-refractivity contribution in [2.45, 2.75) is 20.0 Å². The second-order valence-electron chi connectivity index (χ2n) is 3.29. The summed E-state index contributed by atoms with van der Waals surface area (Å²) in [5.41, 5.74) is 1.05. The number of esters is 1. The zero-order valence-electron chi connectivity index (χ0n) is 9.56. The van der Waals surface area contributed by atoms with E-state index in [0.717, 1.165) is 0 Å². The van der Waals surface area contributed by atoms with Gasteiger partial charge in [-0.05, 0) is 25.1 Å². The second-order valence-corrected chi connectivity index (χ2v) is 3.29. The maximum atomic E-state index is 11.0. The molecule has 4 heteroatoms. The van der Waals surface area contributed by atoms with E-state index in [1.165, 1.54) is 6.07 Å². The lowest BCUT2D eigenvalue weighted by molar-refractivity contribution is -0.141. The zero-order valence-corrected chi connectivity index (χ0v) is 9.56. The fraction of sp³-hybridized carbons (Fsp3) is 0.308. The summed E-state index contributed by atoms with van der Waals surface area (Å²) in [6.07, 6.45) is 0.0309. The molecule has 2 N–H and O–H groups in total. The predicted molar refractivity (Wildman–Crippen MR) is 62.2 cm³/mol. The molecule has 90 valence electrons. The number of carbonyl (C=O) groups excluding carboxylic acids is 1. The molecular weight excluding hydrogens is 220 g/mol. The Morgan fingerprint density at radius 1 is 1.47 bits per heavy atom. The Labute approximate surface area is 99.8 Å². The Morgan fingerprint density at radius 3 is 2.88 bits per heavy atom. The van der Waals surface area contributed by atoms with Crippen LogP contribution in [0.2, 0.25) is 0 Å². The van der Waals surface area contributed by atoms with E-state index in [2.05, 4.69) is 11.8 Å². The number of hydrogen-bond acceptors (Lipinski definition) is 4. The number of hydrogen-bond donors (Lipinski definition) is 2. The van der Waals surface area contributed by atoms with Crippen molar-refractivity contribution in [3.63, 3.8) is 0 Å². The highest BCUT2D eigenvalue weighted by Gasteiger charge is 2.00. The number of aliphatic hydroxyl groups excluding tert-OH is 1. The van der Waals surface area contributed by atoms with E-state index >= 15 is 0 Å². The van der Waals surface area contributed by atoms with E-state index in [-0.39, 0.29) is 24.7 Å². The van der Waals surface area contributed by atoms with Crippen LogP contribution in [0.1, 0.15) is 24.5 Å². The molecule has 0 amide bonds. The van der Waals surface area contributed by atoms with Gasteiger partial charge in [0.05, 0.1) is 13.2 Å². The molecular formula is C13H14O4. The molecule has 0 bridgehead atoms. The Kier molecular flexibility index (Phi) is 5.05. The van der Waals surface area contributed by atoms with Gasteiger partial charge < -0.3 is 14.9 Å². The first-order chi connectivity index (χ1) is 8.17.